The number of nitrogens with one attached hydrogen (secondary N) is 2. The van der Waals surface area contributed by atoms with E-state index in [4.69, 9.17) is 4.74 Å². The van der Waals surface area contributed by atoms with E-state index in [1.165, 1.54) is 6.92 Å². The van der Waals surface area contributed by atoms with Crippen molar-refractivity contribution in [1.29, 1.82) is 0 Å². The van der Waals surface area contributed by atoms with Crippen LogP contribution in [-0.4, -0.2) is 40.1 Å². The summed E-state index contributed by atoms with van der Waals surface area (Å²) in [6.07, 6.45) is 1.73. The smallest absolute Gasteiger partial charge is 0.243 e. The van der Waals surface area contributed by atoms with Crippen molar-refractivity contribution in [3.63, 3.8) is 0 Å². The molecule has 2 aromatic rings. The molecule has 0 aliphatic heterocycles. The maximum absolute atomic E-state index is 11.7. The molecular formula is C12H15N5O3. The SMILES string of the molecule is COCc1nc2c(NC(=O)CNC(C)=O)cccn2n1. The van der Waals surface area contributed by atoms with Crippen molar-refractivity contribution in [3.8, 4) is 0 Å². The summed E-state index contributed by atoms with van der Waals surface area (Å²) in [5, 5.41) is 9.31. The summed E-state index contributed by atoms with van der Waals surface area (Å²) in [6.45, 7) is 1.56. The highest BCUT2D eigenvalue weighted by Gasteiger charge is 2.10. The predicted molar refractivity (Wildman–Crippen MR) is 71.0 cm³/mol. The molecule has 0 fully saturated rings. The van der Waals surface area contributed by atoms with Crippen LogP contribution >= 0.6 is 0 Å². The molecule has 0 saturated heterocycles. The number of amides is 2. The third kappa shape index (κ3) is 3.29. The second-order valence-corrected chi connectivity index (χ2v) is 4.11. The molecule has 2 amide bonds. The number of fused-ring (bicyclic) bond motifs is 1. The van der Waals surface area contributed by atoms with E-state index in [-0.39, 0.29) is 18.4 Å². The number of anilines is 1. The average molecular weight is 277 g/mol. The lowest BCUT2D eigenvalue weighted by atomic mass is 10.4. The van der Waals surface area contributed by atoms with Gasteiger partial charge < -0.3 is 15.4 Å². The molecular weight excluding hydrogens is 262 g/mol. The lowest BCUT2D eigenvalue weighted by Gasteiger charge is -2.06. The quantitative estimate of drug-likeness (QED) is 0.798. The molecule has 0 radical (unpaired) electrons. The first-order chi connectivity index (χ1) is 9.60. The zero-order valence-electron chi connectivity index (χ0n) is 11.2. The minimum Gasteiger partial charge on any atom is -0.377 e. The molecule has 2 heterocycles. The highest BCUT2D eigenvalue weighted by Crippen LogP contribution is 2.14. The molecule has 2 aromatic heterocycles. The van der Waals surface area contributed by atoms with Gasteiger partial charge in [0, 0.05) is 20.2 Å². The van der Waals surface area contributed by atoms with Crippen LogP contribution < -0.4 is 10.6 Å². The fourth-order valence-corrected chi connectivity index (χ4v) is 1.64. The van der Waals surface area contributed by atoms with Gasteiger partial charge in [0.2, 0.25) is 11.8 Å². The van der Waals surface area contributed by atoms with Crippen molar-refractivity contribution in [2.24, 2.45) is 0 Å². The first kappa shape index (κ1) is 13.9. The molecule has 0 aliphatic rings. The van der Waals surface area contributed by atoms with E-state index in [9.17, 15) is 9.59 Å². The number of carbonyl (C=O) groups excluding carboxylic acids is 2. The Bertz CT molecular complexity index is 637. The summed E-state index contributed by atoms with van der Waals surface area (Å²) in [4.78, 5) is 26.7. The Hall–Kier alpha value is -2.48. The van der Waals surface area contributed by atoms with Gasteiger partial charge in [-0.25, -0.2) is 9.50 Å². The van der Waals surface area contributed by atoms with Crippen molar-refractivity contribution >= 4 is 23.1 Å². The minimum atomic E-state index is -0.329. The van der Waals surface area contributed by atoms with E-state index in [1.54, 1.807) is 30.0 Å². The summed E-state index contributed by atoms with van der Waals surface area (Å²) in [7, 11) is 1.56. The number of hydrogen-bond donors (Lipinski definition) is 2. The van der Waals surface area contributed by atoms with Crippen molar-refractivity contribution in [2.75, 3.05) is 19.0 Å². The van der Waals surface area contributed by atoms with E-state index in [0.717, 1.165) is 0 Å². The number of hydrogen-bond acceptors (Lipinski definition) is 5. The molecule has 0 unspecified atom stereocenters. The normalized spacial score (nSPS) is 10.5. The first-order valence-electron chi connectivity index (χ1n) is 5.97. The first-order valence-corrected chi connectivity index (χ1v) is 5.97. The molecule has 106 valence electrons. The molecule has 0 aromatic carbocycles. The Morgan fingerprint density at radius 1 is 1.45 bits per heavy atom. The minimum absolute atomic E-state index is 0.0878. The van der Waals surface area contributed by atoms with E-state index >= 15 is 0 Å². The number of pyridine rings is 1. The zero-order chi connectivity index (χ0) is 14.5. The number of carbonyl (C=O) groups is 2. The van der Waals surface area contributed by atoms with E-state index in [0.29, 0.717) is 23.8 Å². The number of ether oxygens (including phenoxy) is 1. The third-order valence-corrected chi connectivity index (χ3v) is 2.45. The largest absolute Gasteiger partial charge is 0.377 e. The van der Waals surface area contributed by atoms with Crippen molar-refractivity contribution < 1.29 is 14.3 Å². The Morgan fingerprint density at radius 3 is 2.95 bits per heavy atom. The van der Waals surface area contributed by atoms with Gasteiger partial charge in [0.15, 0.2) is 11.5 Å². The van der Waals surface area contributed by atoms with Crippen LogP contribution in [0.1, 0.15) is 12.7 Å². The predicted octanol–water partition coefficient (Wildman–Crippen LogP) is -0.0497. The molecule has 8 heteroatoms. The van der Waals surface area contributed by atoms with Crippen LogP contribution in [0.4, 0.5) is 5.69 Å². The van der Waals surface area contributed by atoms with Crippen molar-refractivity contribution in [2.45, 2.75) is 13.5 Å². The van der Waals surface area contributed by atoms with Crippen LogP contribution in [0.25, 0.3) is 5.65 Å². The van der Waals surface area contributed by atoms with Crippen LogP contribution in [0.15, 0.2) is 18.3 Å². The third-order valence-electron chi connectivity index (χ3n) is 2.45. The Kier molecular flexibility index (Phi) is 4.26. The van der Waals surface area contributed by atoms with Crippen LogP contribution in [-0.2, 0) is 20.9 Å². The van der Waals surface area contributed by atoms with Gasteiger partial charge in [-0.05, 0) is 12.1 Å². The van der Waals surface area contributed by atoms with E-state index in [1.807, 2.05) is 0 Å². The number of rotatable bonds is 5. The van der Waals surface area contributed by atoms with Gasteiger partial charge >= 0.3 is 0 Å². The summed E-state index contributed by atoms with van der Waals surface area (Å²) in [5.41, 5.74) is 1.05. The highest BCUT2D eigenvalue weighted by atomic mass is 16.5. The fraction of sp³-hybridized carbons (Fsp3) is 0.333. The van der Waals surface area contributed by atoms with E-state index in [2.05, 4.69) is 20.7 Å². The summed E-state index contributed by atoms with van der Waals surface area (Å²) < 4.78 is 6.53. The molecule has 0 bridgehead atoms. The Balaban J connectivity index is 2.16. The van der Waals surface area contributed by atoms with Gasteiger partial charge in [-0.15, -0.1) is 5.10 Å². The summed E-state index contributed by atoms with van der Waals surface area (Å²) in [6, 6.07) is 3.46. The highest BCUT2D eigenvalue weighted by molar-refractivity contribution is 5.96. The monoisotopic (exact) mass is 277 g/mol. The summed E-state index contributed by atoms with van der Waals surface area (Å²) >= 11 is 0. The van der Waals surface area contributed by atoms with Crippen LogP contribution in [0, 0.1) is 0 Å². The van der Waals surface area contributed by atoms with Gasteiger partial charge in [0.05, 0.1) is 12.2 Å². The second-order valence-electron chi connectivity index (χ2n) is 4.11. The molecule has 2 N–H and O–H groups in total. The molecule has 0 spiro atoms. The van der Waals surface area contributed by atoms with Crippen LogP contribution in [0.5, 0.6) is 0 Å². The number of methoxy groups -OCH3 is 1. The molecule has 0 atom stereocenters. The van der Waals surface area contributed by atoms with Gasteiger partial charge in [-0.2, -0.15) is 0 Å². The molecule has 20 heavy (non-hydrogen) atoms. The maximum Gasteiger partial charge on any atom is 0.243 e. The standard InChI is InChI=1S/C12H15N5O3/c1-8(18)13-6-11(19)14-9-4-3-5-17-12(9)15-10(16-17)7-20-2/h3-5H,6-7H2,1-2H3,(H,13,18)(H,14,19). The van der Waals surface area contributed by atoms with Gasteiger partial charge in [-0.1, -0.05) is 0 Å². The lowest BCUT2D eigenvalue weighted by molar-refractivity contribution is -0.122. The average Bonchev–Trinajstić information content (AvgIpc) is 2.80. The van der Waals surface area contributed by atoms with Crippen LogP contribution in [0.3, 0.4) is 0 Å². The maximum atomic E-state index is 11.7. The van der Waals surface area contributed by atoms with Crippen molar-refractivity contribution in [3.05, 3.63) is 24.2 Å². The Morgan fingerprint density at radius 2 is 2.25 bits per heavy atom. The van der Waals surface area contributed by atoms with Gasteiger partial charge in [0.25, 0.3) is 0 Å². The number of nitrogens with zero attached hydrogens (tertiary/aromatic N) is 3. The summed E-state index contributed by atoms with van der Waals surface area (Å²) in [5.74, 6) is -0.0659. The van der Waals surface area contributed by atoms with Gasteiger partial charge in [0.1, 0.15) is 6.61 Å². The Labute approximate surface area is 115 Å². The molecule has 2 rings (SSSR count). The topological polar surface area (TPSA) is 97.6 Å². The zero-order valence-corrected chi connectivity index (χ0v) is 11.2. The van der Waals surface area contributed by atoms with Crippen molar-refractivity contribution in [1.82, 2.24) is 19.9 Å². The fourth-order valence-electron chi connectivity index (χ4n) is 1.64. The lowest BCUT2D eigenvalue weighted by Crippen LogP contribution is -2.31. The van der Waals surface area contributed by atoms with Gasteiger partial charge in [-0.3, -0.25) is 9.59 Å². The molecule has 0 aliphatic carbocycles. The molecule has 8 nitrogen and oxygen atoms in total. The second kappa shape index (κ2) is 6.11. The van der Waals surface area contributed by atoms with Crippen LogP contribution in [0.2, 0.25) is 0 Å². The number of aromatic nitrogens is 3. The van der Waals surface area contributed by atoms with E-state index < -0.39 is 0 Å². The molecule has 0 saturated carbocycles.